The van der Waals surface area contributed by atoms with Crippen LogP contribution in [0, 0.1) is 0 Å². The number of carbonyl (C=O) groups is 17. The van der Waals surface area contributed by atoms with Crippen molar-refractivity contribution in [1.29, 1.82) is 0 Å². The lowest BCUT2D eigenvalue weighted by molar-refractivity contribution is -0.313. The number of amides is 12. The molecule has 4 saturated heterocycles. The van der Waals surface area contributed by atoms with E-state index in [1.807, 2.05) is 0 Å². The van der Waals surface area contributed by atoms with Crippen molar-refractivity contribution in [3.63, 3.8) is 0 Å². The standard InChI is InChI=1S/C71H115N13O39/c1-25(73-60(102)28(4)117-54(40(20-85)76-30(6)89)55(41(93)21-86)122-70-47(77-31(7)90)52(98)50(96)42(22-87)119-70)58(100)82-39(68(114)115)17-19-46(95)81-36(13-10-12-34(72)65(108)109)63(105)84-37(66(110)111)15-11-14-35(62(104)75-27(3)64(106)107)80-45(94)18-16-38(67(112)113)83-59(101)26(2)74-61(103)29(5)118-57-49(79-33(9)92)69-116-24-44(121-69)56(57)123-71-48(78-32(8)91)53(99)51(97)43(23-88)120-71/h25-29,34-44,47-57,69-71,85-88,93,96-99H,10-24,72H2,1-9H3,(H,73,102)(H,74,103)(H,75,104)(H,76,89)(H,77,90)(H,78,91)(H,79,92)(H,80,94)(H,81,95)(H,82,100)(H,83,101)(H,84,105)(H,106,107)(H,108,109)(H,110,111)(H,112,113)(H,114,115). The number of nitrogens with one attached hydrogen (secondary N) is 12. The predicted octanol–water partition coefficient (Wildman–Crippen LogP) is -13.1. The molecule has 698 valence electrons. The lowest BCUT2D eigenvalue weighted by Gasteiger charge is -2.47. The van der Waals surface area contributed by atoms with Gasteiger partial charge < -0.3 is 179 Å². The van der Waals surface area contributed by atoms with Gasteiger partial charge in [0.2, 0.25) is 70.9 Å². The second kappa shape index (κ2) is 50.3. The molecule has 0 aromatic rings. The fourth-order valence-corrected chi connectivity index (χ4v) is 13.2. The Hall–Kier alpha value is -9.73. The Kier molecular flexibility index (Phi) is 43.2. The van der Waals surface area contributed by atoms with E-state index in [1.54, 1.807) is 0 Å². The highest BCUT2D eigenvalue weighted by molar-refractivity contribution is 5.94. The zero-order chi connectivity index (χ0) is 92.9. The summed E-state index contributed by atoms with van der Waals surface area (Å²) in [6, 6.07) is -21.6. The zero-order valence-electron chi connectivity index (χ0n) is 68.5. The van der Waals surface area contributed by atoms with Crippen molar-refractivity contribution in [2.45, 2.75) is 309 Å². The minimum Gasteiger partial charge on any atom is -0.480 e. The number of hydrogen-bond acceptors (Lipinski definition) is 35. The minimum atomic E-state index is -2.07. The number of rotatable bonds is 52. The van der Waals surface area contributed by atoms with Gasteiger partial charge in [0.15, 0.2) is 18.9 Å². The van der Waals surface area contributed by atoms with Crippen LogP contribution in [-0.2, 0) is 119 Å². The maximum absolute atomic E-state index is 14.0. The number of aliphatic carboxylic acids is 5. The number of carboxylic acid groups (broad SMARTS) is 5. The maximum atomic E-state index is 14.0. The molecular formula is C71H115N13O39. The number of nitrogens with two attached hydrogens (primary N) is 1. The van der Waals surface area contributed by atoms with E-state index in [0.717, 1.165) is 55.4 Å². The van der Waals surface area contributed by atoms with Crippen molar-refractivity contribution in [1.82, 2.24) is 63.8 Å². The van der Waals surface area contributed by atoms with Gasteiger partial charge in [-0.3, -0.25) is 67.1 Å². The molecule has 4 aliphatic rings. The smallest absolute Gasteiger partial charge is 0.326 e. The fraction of sp³-hybridized carbons (Fsp3) is 0.761. The van der Waals surface area contributed by atoms with Crippen LogP contribution in [-0.4, -0.2) is 388 Å². The van der Waals surface area contributed by atoms with Crippen LogP contribution in [0.3, 0.4) is 0 Å². The number of hydrogen-bond donors (Lipinski definition) is 27. The van der Waals surface area contributed by atoms with E-state index in [-0.39, 0.29) is 19.4 Å². The number of aliphatic hydroxyl groups excluding tert-OH is 9. The lowest BCUT2D eigenvalue weighted by atomic mass is 9.95. The maximum Gasteiger partial charge on any atom is 0.326 e. The largest absolute Gasteiger partial charge is 0.480 e. The summed E-state index contributed by atoms with van der Waals surface area (Å²) in [5, 5.41) is 171. The normalized spacial score (nSPS) is 26.6. The van der Waals surface area contributed by atoms with Crippen LogP contribution in [0.2, 0.25) is 0 Å². The van der Waals surface area contributed by atoms with Gasteiger partial charge in [0, 0.05) is 40.5 Å². The first-order chi connectivity index (χ1) is 57.6. The van der Waals surface area contributed by atoms with Crippen LogP contribution in [0.1, 0.15) is 127 Å². The molecule has 30 unspecified atom stereocenters. The Bertz CT molecular complexity index is 3650. The first kappa shape index (κ1) is 106. The highest BCUT2D eigenvalue weighted by atomic mass is 16.8. The van der Waals surface area contributed by atoms with Crippen molar-refractivity contribution in [2.75, 3.05) is 33.0 Å². The molecule has 30 atom stereocenters. The molecule has 2 bridgehead atoms. The molecule has 4 fully saturated rings. The van der Waals surface area contributed by atoms with E-state index in [1.165, 1.54) is 6.92 Å². The topological polar surface area (TPSA) is 818 Å². The van der Waals surface area contributed by atoms with E-state index in [0.29, 0.717) is 0 Å². The Morgan fingerprint density at radius 3 is 1.28 bits per heavy atom. The van der Waals surface area contributed by atoms with E-state index in [9.17, 15) is 153 Å². The second-order valence-corrected chi connectivity index (χ2v) is 29.7. The van der Waals surface area contributed by atoms with E-state index >= 15 is 0 Å². The zero-order valence-corrected chi connectivity index (χ0v) is 68.5. The van der Waals surface area contributed by atoms with Crippen molar-refractivity contribution in [3.8, 4) is 0 Å². The Balaban J connectivity index is 1.43. The monoisotopic (exact) mass is 1770 g/mol. The second-order valence-electron chi connectivity index (χ2n) is 29.7. The minimum absolute atomic E-state index is 0.197. The molecule has 0 radical (unpaired) electrons. The van der Waals surface area contributed by atoms with Gasteiger partial charge in [0.1, 0.15) is 158 Å². The molecule has 4 heterocycles. The highest BCUT2D eigenvalue weighted by Crippen LogP contribution is 2.36. The molecular weight excluding hydrogens is 1660 g/mol. The number of ether oxygens (including phenoxy) is 8. The fourth-order valence-electron chi connectivity index (χ4n) is 13.2. The number of carboxylic acids is 5. The SMILES string of the molecule is CC(=O)NC(CO)C(OC(C)C(=O)NC(C)C(=O)NC(CCC(=O)NC(CCCC(N)C(=O)O)C(=O)NC(CCCC(NC(=O)CCC(NC(=O)C(C)NC(=O)C(C)OC1C(NC(C)=O)C2OCC(O2)C1OC1OC(CO)C(O)C(O)C1NC(C)=O)C(=O)O)C(=O)NC(C)C(=O)O)C(=O)O)C(=O)O)C(OC1OC(CO)C(O)C(O)C1NC(C)=O)C(O)CO. The van der Waals surface area contributed by atoms with Gasteiger partial charge >= 0.3 is 29.8 Å². The quantitative estimate of drug-likeness (QED) is 0.0269. The summed E-state index contributed by atoms with van der Waals surface area (Å²) in [7, 11) is 0. The molecule has 0 aromatic carbocycles. The molecule has 12 amide bonds. The van der Waals surface area contributed by atoms with Crippen molar-refractivity contribution >= 4 is 101 Å². The lowest BCUT2D eigenvalue weighted by Crippen LogP contribution is -2.68. The van der Waals surface area contributed by atoms with Gasteiger partial charge in [0.05, 0.1) is 39.1 Å². The molecule has 0 spiro atoms. The average Bonchev–Trinajstić information content (AvgIpc) is 1.67. The molecule has 4 aliphatic heterocycles. The van der Waals surface area contributed by atoms with Gasteiger partial charge in [-0.25, -0.2) is 14.4 Å². The van der Waals surface area contributed by atoms with Gasteiger partial charge in [0.25, 0.3) is 0 Å². The molecule has 4 rings (SSSR count). The van der Waals surface area contributed by atoms with Crippen molar-refractivity contribution < 1.29 is 191 Å². The first-order valence-electron chi connectivity index (χ1n) is 39.0. The highest BCUT2D eigenvalue weighted by Gasteiger charge is 2.57. The third kappa shape index (κ3) is 32.4. The number of fused-ring (bicyclic) bond motifs is 2. The third-order valence-corrected chi connectivity index (χ3v) is 19.9. The molecule has 0 aliphatic carbocycles. The summed E-state index contributed by atoms with van der Waals surface area (Å²) in [6.07, 6.45) is -33.9. The first-order valence-corrected chi connectivity index (χ1v) is 39.0. The van der Waals surface area contributed by atoms with E-state index in [2.05, 4.69) is 63.8 Å². The van der Waals surface area contributed by atoms with Crippen LogP contribution in [0.25, 0.3) is 0 Å². The summed E-state index contributed by atoms with van der Waals surface area (Å²) in [5.74, 6) is -20.4. The summed E-state index contributed by atoms with van der Waals surface area (Å²) in [5.41, 5.74) is 5.65. The van der Waals surface area contributed by atoms with Gasteiger partial charge in [-0.2, -0.15) is 0 Å². The summed E-state index contributed by atoms with van der Waals surface area (Å²) in [6.45, 7) is 5.59. The molecule has 123 heavy (non-hydrogen) atoms. The molecule has 52 heteroatoms. The number of carbonyl (C=O) groups excluding carboxylic acids is 12. The Labute approximate surface area is 701 Å². The third-order valence-electron chi connectivity index (χ3n) is 19.9. The Morgan fingerprint density at radius 1 is 0.415 bits per heavy atom. The van der Waals surface area contributed by atoms with Crippen molar-refractivity contribution in [3.05, 3.63) is 0 Å². The van der Waals surface area contributed by atoms with Crippen molar-refractivity contribution in [2.24, 2.45) is 5.73 Å². The van der Waals surface area contributed by atoms with E-state index in [4.69, 9.17) is 43.6 Å². The molecule has 52 nitrogen and oxygen atoms in total. The van der Waals surface area contributed by atoms with Crippen LogP contribution in [0.15, 0.2) is 0 Å². The Morgan fingerprint density at radius 2 is 0.837 bits per heavy atom. The summed E-state index contributed by atoms with van der Waals surface area (Å²) >= 11 is 0. The van der Waals surface area contributed by atoms with Crippen LogP contribution >= 0.6 is 0 Å². The average molecular weight is 1770 g/mol. The molecule has 0 saturated carbocycles. The summed E-state index contributed by atoms with van der Waals surface area (Å²) < 4.78 is 47.2. The van der Waals surface area contributed by atoms with Gasteiger partial charge in [-0.1, -0.05) is 0 Å². The van der Waals surface area contributed by atoms with Gasteiger partial charge in [-0.15, -0.1) is 0 Å². The molecule has 28 N–H and O–H groups in total. The van der Waals surface area contributed by atoms with Gasteiger partial charge in [-0.05, 0) is 86.0 Å². The van der Waals surface area contributed by atoms with Crippen LogP contribution in [0.5, 0.6) is 0 Å². The van der Waals surface area contributed by atoms with Crippen LogP contribution in [0.4, 0.5) is 0 Å². The number of aliphatic hydroxyl groups is 9. The predicted molar refractivity (Wildman–Crippen MR) is 404 cm³/mol. The van der Waals surface area contributed by atoms with Crippen LogP contribution < -0.4 is 69.5 Å². The van der Waals surface area contributed by atoms with E-state index < -0.39 is 361 Å². The summed E-state index contributed by atoms with van der Waals surface area (Å²) in [4.78, 5) is 220. The molecule has 0 aromatic heterocycles.